The topological polar surface area (TPSA) is 70.7 Å². The summed E-state index contributed by atoms with van der Waals surface area (Å²) in [7, 11) is 1.85. The second kappa shape index (κ2) is 9.69. The van der Waals surface area contributed by atoms with Crippen molar-refractivity contribution in [2.45, 2.75) is 58.3 Å². The van der Waals surface area contributed by atoms with Crippen LogP contribution in [-0.4, -0.2) is 43.4 Å². The summed E-state index contributed by atoms with van der Waals surface area (Å²) in [6.07, 6.45) is 9.31. The van der Waals surface area contributed by atoms with Gasteiger partial charge in [0.05, 0.1) is 0 Å². The Morgan fingerprint density at radius 2 is 2.04 bits per heavy atom. The van der Waals surface area contributed by atoms with Gasteiger partial charge in [-0.3, -0.25) is 9.79 Å². The van der Waals surface area contributed by atoms with Crippen LogP contribution in [0, 0.1) is 11.3 Å². The number of halogens is 1. The molecule has 3 N–H and O–H groups in total. The van der Waals surface area contributed by atoms with Gasteiger partial charge in [0.25, 0.3) is 0 Å². The number of amides is 1. The average Bonchev–Trinajstić information content (AvgIpc) is 2.97. The number of piperidine rings is 1. The molecule has 2 aliphatic rings. The van der Waals surface area contributed by atoms with Crippen molar-refractivity contribution < 1.29 is 4.79 Å². The zero-order valence-corrected chi connectivity index (χ0v) is 17.0. The van der Waals surface area contributed by atoms with Gasteiger partial charge in [0.2, 0.25) is 5.91 Å². The number of hydrogen-bond acceptors (Lipinski definition) is 2. The van der Waals surface area contributed by atoms with Crippen LogP contribution in [0.1, 0.15) is 58.3 Å². The Labute approximate surface area is 157 Å². The van der Waals surface area contributed by atoms with Crippen molar-refractivity contribution in [1.29, 1.82) is 0 Å². The van der Waals surface area contributed by atoms with Crippen LogP contribution in [0.15, 0.2) is 4.99 Å². The summed E-state index contributed by atoms with van der Waals surface area (Å²) in [5.41, 5.74) is 5.81. The van der Waals surface area contributed by atoms with E-state index in [-0.39, 0.29) is 29.9 Å². The maximum absolute atomic E-state index is 11.2. The highest BCUT2D eigenvalue weighted by Crippen LogP contribution is 2.40. The summed E-state index contributed by atoms with van der Waals surface area (Å²) < 4.78 is 0. The number of rotatable bonds is 5. The van der Waals surface area contributed by atoms with Crippen molar-refractivity contribution in [3.8, 4) is 0 Å². The predicted molar refractivity (Wildman–Crippen MR) is 106 cm³/mol. The molecule has 0 spiro atoms. The van der Waals surface area contributed by atoms with Gasteiger partial charge < -0.3 is 16.0 Å². The number of aliphatic imine (C=N–C) groups is 1. The van der Waals surface area contributed by atoms with E-state index in [0.29, 0.717) is 17.8 Å². The van der Waals surface area contributed by atoms with Crippen LogP contribution in [-0.2, 0) is 4.79 Å². The first kappa shape index (κ1) is 20.5. The Balaban J connectivity index is 0.00000264. The highest BCUT2D eigenvalue weighted by molar-refractivity contribution is 14.0. The van der Waals surface area contributed by atoms with Crippen molar-refractivity contribution in [1.82, 2.24) is 10.2 Å². The highest BCUT2D eigenvalue weighted by atomic mass is 127. The average molecular weight is 436 g/mol. The van der Waals surface area contributed by atoms with E-state index < -0.39 is 0 Å². The van der Waals surface area contributed by atoms with Crippen molar-refractivity contribution in [2.75, 3.05) is 26.7 Å². The van der Waals surface area contributed by atoms with Crippen LogP contribution >= 0.6 is 24.0 Å². The second-order valence-electron chi connectivity index (χ2n) is 7.09. The summed E-state index contributed by atoms with van der Waals surface area (Å²) in [5.74, 6) is 1.18. The van der Waals surface area contributed by atoms with Gasteiger partial charge in [-0.2, -0.15) is 0 Å². The lowest BCUT2D eigenvalue weighted by molar-refractivity contribution is -0.119. The summed E-state index contributed by atoms with van der Waals surface area (Å²) >= 11 is 0. The molecular formula is C17H33IN4O. The van der Waals surface area contributed by atoms with E-state index >= 15 is 0 Å². The SMILES string of the molecule is CCC1(CNC(=NC)N2CCCC(CC(N)=O)C2)CCCC1.I. The van der Waals surface area contributed by atoms with E-state index in [1.54, 1.807) is 0 Å². The molecule has 2 fully saturated rings. The molecule has 6 heteroatoms. The Hall–Kier alpha value is -0.530. The fraction of sp³-hybridized carbons (Fsp3) is 0.882. The molecule has 0 aromatic carbocycles. The van der Waals surface area contributed by atoms with Crippen LogP contribution in [0.2, 0.25) is 0 Å². The lowest BCUT2D eigenvalue weighted by Gasteiger charge is -2.36. The standard InChI is InChI=1S/C17H32N4O.HI/c1-3-17(8-4-5-9-17)13-20-16(19-2)21-10-6-7-14(12-21)11-15(18)22;/h14H,3-13H2,1-2H3,(H2,18,22)(H,19,20);1H. The quantitative estimate of drug-likeness (QED) is 0.396. The number of primary amides is 1. The molecule has 0 aromatic heterocycles. The van der Waals surface area contributed by atoms with Crippen LogP contribution < -0.4 is 11.1 Å². The van der Waals surface area contributed by atoms with E-state index in [9.17, 15) is 4.79 Å². The molecule has 1 atom stereocenters. The Kier molecular flexibility index (Phi) is 8.64. The summed E-state index contributed by atoms with van der Waals surface area (Å²) in [4.78, 5) is 17.9. The zero-order chi connectivity index (χ0) is 16.0. The Bertz CT molecular complexity index is 407. The molecule has 2 rings (SSSR count). The highest BCUT2D eigenvalue weighted by Gasteiger charge is 2.32. The van der Waals surface area contributed by atoms with Crippen LogP contribution in [0.25, 0.3) is 0 Å². The molecule has 1 saturated heterocycles. The van der Waals surface area contributed by atoms with Gasteiger partial charge in [-0.25, -0.2) is 0 Å². The van der Waals surface area contributed by atoms with Crippen molar-refractivity contribution in [3.63, 3.8) is 0 Å². The first-order valence-electron chi connectivity index (χ1n) is 8.82. The molecule has 0 aromatic rings. The molecule has 1 unspecified atom stereocenters. The second-order valence-corrected chi connectivity index (χ2v) is 7.09. The first-order valence-corrected chi connectivity index (χ1v) is 8.82. The first-order chi connectivity index (χ1) is 10.6. The molecule has 5 nitrogen and oxygen atoms in total. The van der Waals surface area contributed by atoms with Crippen LogP contribution in [0.5, 0.6) is 0 Å². The van der Waals surface area contributed by atoms with Crippen molar-refractivity contribution in [3.05, 3.63) is 0 Å². The van der Waals surface area contributed by atoms with Crippen LogP contribution in [0.3, 0.4) is 0 Å². The number of guanidine groups is 1. The van der Waals surface area contributed by atoms with Crippen LogP contribution in [0.4, 0.5) is 0 Å². The Morgan fingerprint density at radius 1 is 1.35 bits per heavy atom. The van der Waals surface area contributed by atoms with Gasteiger partial charge in [-0.05, 0) is 43.4 Å². The molecule has 0 radical (unpaired) electrons. The maximum Gasteiger partial charge on any atom is 0.217 e. The third-order valence-electron chi connectivity index (χ3n) is 5.56. The number of carbonyl (C=O) groups excluding carboxylic acids is 1. The lowest BCUT2D eigenvalue weighted by Crippen LogP contribution is -2.49. The molecule has 134 valence electrons. The minimum absolute atomic E-state index is 0. The van der Waals surface area contributed by atoms with Gasteiger partial charge in [-0.15, -0.1) is 24.0 Å². The minimum atomic E-state index is -0.189. The van der Waals surface area contributed by atoms with Gasteiger partial charge in [-0.1, -0.05) is 19.8 Å². The predicted octanol–water partition coefficient (Wildman–Crippen LogP) is 2.74. The monoisotopic (exact) mass is 436 g/mol. The number of likely N-dealkylation sites (tertiary alicyclic amines) is 1. The summed E-state index contributed by atoms with van der Waals surface area (Å²) in [6.45, 7) is 5.24. The smallest absolute Gasteiger partial charge is 0.217 e. The normalized spacial score (nSPS) is 24.2. The van der Waals surface area contributed by atoms with Crippen molar-refractivity contribution >= 4 is 35.8 Å². The molecule has 1 amide bonds. The molecule has 1 saturated carbocycles. The molecule has 1 heterocycles. The Morgan fingerprint density at radius 3 is 2.61 bits per heavy atom. The van der Waals surface area contributed by atoms with Gasteiger partial charge >= 0.3 is 0 Å². The number of hydrogen-bond donors (Lipinski definition) is 2. The number of carbonyl (C=O) groups is 1. The van der Waals surface area contributed by atoms with Gasteiger partial charge in [0.1, 0.15) is 0 Å². The van der Waals surface area contributed by atoms with E-state index in [1.165, 1.54) is 32.1 Å². The summed E-state index contributed by atoms with van der Waals surface area (Å²) in [6, 6.07) is 0. The zero-order valence-electron chi connectivity index (χ0n) is 14.6. The van der Waals surface area contributed by atoms with Gasteiger partial charge in [0, 0.05) is 33.1 Å². The van der Waals surface area contributed by atoms with E-state index in [2.05, 4.69) is 22.1 Å². The lowest BCUT2D eigenvalue weighted by atomic mass is 9.83. The molecule has 23 heavy (non-hydrogen) atoms. The summed E-state index contributed by atoms with van der Waals surface area (Å²) in [5, 5.41) is 3.61. The van der Waals surface area contributed by atoms with Gasteiger partial charge in [0.15, 0.2) is 5.96 Å². The van der Waals surface area contributed by atoms with Crippen molar-refractivity contribution in [2.24, 2.45) is 22.1 Å². The fourth-order valence-corrected chi connectivity index (χ4v) is 4.09. The molecule has 1 aliphatic carbocycles. The largest absolute Gasteiger partial charge is 0.370 e. The van der Waals surface area contributed by atoms with E-state index in [4.69, 9.17) is 5.73 Å². The minimum Gasteiger partial charge on any atom is -0.370 e. The maximum atomic E-state index is 11.2. The third kappa shape index (κ3) is 5.80. The molecular weight excluding hydrogens is 403 g/mol. The van der Waals surface area contributed by atoms with E-state index in [1.807, 2.05) is 7.05 Å². The molecule has 1 aliphatic heterocycles. The fourth-order valence-electron chi connectivity index (χ4n) is 4.09. The van der Waals surface area contributed by atoms with E-state index in [0.717, 1.165) is 38.4 Å². The third-order valence-corrected chi connectivity index (χ3v) is 5.56. The molecule has 0 bridgehead atoms. The number of nitrogens with one attached hydrogen (secondary N) is 1. The number of nitrogens with zero attached hydrogens (tertiary/aromatic N) is 2. The number of nitrogens with two attached hydrogens (primary N) is 1.